The molecule has 0 unspecified atom stereocenters. The number of hydrogen-bond acceptors (Lipinski definition) is 1. The van der Waals surface area contributed by atoms with Gasteiger partial charge in [-0.2, -0.15) is 0 Å². The second-order valence-corrected chi connectivity index (χ2v) is 3.51. The summed E-state index contributed by atoms with van der Waals surface area (Å²) in [5.74, 6) is 0. The van der Waals surface area contributed by atoms with E-state index < -0.39 is 0 Å². The van der Waals surface area contributed by atoms with Crippen LogP contribution in [0.5, 0.6) is 0 Å². The van der Waals surface area contributed by atoms with E-state index in [1.807, 2.05) is 12.1 Å². The summed E-state index contributed by atoms with van der Waals surface area (Å²) in [6.07, 6.45) is 5.18. The fourth-order valence-corrected chi connectivity index (χ4v) is 1.85. The van der Waals surface area contributed by atoms with Gasteiger partial charge in [0.25, 0.3) is 0 Å². The Morgan fingerprint density at radius 3 is 2.57 bits per heavy atom. The monoisotopic (exact) mass is 189 g/mol. The largest absolute Gasteiger partial charge is 0.398 e. The third kappa shape index (κ3) is 1.98. The van der Waals surface area contributed by atoms with Gasteiger partial charge in [0.2, 0.25) is 0 Å². The van der Waals surface area contributed by atoms with Crippen LogP contribution in [0, 0.1) is 0 Å². The normalized spacial score (nSPS) is 10.1. The van der Waals surface area contributed by atoms with Gasteiger partial charge in [-0.15, -0.1) is 0 Å². The summed E-state index contributed by atoms with van der Waals surface area (Å²) in [7, 11) is 0. The Bertz CT molecular complexity index is 326. The maximum absolute atomic E-state index is 5.91. The smallest absolute Gasteiger partial charge is 0.0390 e. The standard InChI is InChI=1S/C13H19N/c1-4-7-12-10(5-2)8-9-13(14)11(12)6-3/h6,8-9H,3-5,7,14H2,1-2H3. The van der Waals surface area contributed by atoms with E-state index in [0.29, 0.717) is 0 Å². The number of aryl methyl sites for hydroxylation is 1. The van der Waals surface area contributed by atoms with Crippen LogP contribution in [0.4, 0.5) is 5.69 Å². The number of nitrogen functional groups attached to an aromatic ring is 1. The highest BCUT2D eigenvalue weighted by Gasteiger charge is 2.07. The topological polar surface area (TPSA) is 26.0 Å². The van der Waals surface area contributed by atoms with Crippen molar-refractivity contribution in [2.45, 2.75) is 33.1 Å². The van der Waals surface area contributed by atoms with E-state index in [2.05, 4.69) is 26.5 Å². The van der Waals surface area contributed by atoms with Crippen molar-refractivity contribution in [1.82, 2.24) is 0 Å². The predicted octanol–water partition coefficient (Wildman–Crippen LogP) is 3.43. The average Bonchev–Trinajstić information content (AvgIpc) is 2.19. The SMILES string of the molecule is C=Cc1c(N)ccc(CC)c1CCC. The molecule has 0 atom stereocenters. The molecule has 0 spiro atoms. The number of benzene rings is 1. The van der Waals surface area contributed by atoms with Crippen molar-refractivity contribution in [2.24, 2.45) is 0 Å². The van der Waals surface area contributed by atoms with Gasteiger partial charge in [-0.25, -0.2) is 0 Å². The second-order valence-electron chi connectivity index (χ2n) is 3.51. The highest BCUT2D eigenvalue weighted by atomic mass is 14.6. The van der Waals surface area contributed by atoms with Crippen molar-refractivity contribution in [3.8, 4) is 0 Å². The summed E-state index contributed by atoms with van der Waals surface area (Å²) in [6.45, 7) is 8.20. The lowest BCUT2D eigenvalue weighted by Gasteiger charge is -2.13. The van der Waals surface area contributed by atoms with Crippen LogP contribution in [-0.4, -0.2) is 0 Å². The molecule has 1 rings (SSSR count). The van der Waals surface area contributed by atoms with Crippen LogP contribution in [-0.2, 0) is 12.8 Å². The molecule has 0 aromatic heterocycles. The van der Waals surface area contributed by atoms with E-state index in [1.54, 1.807) is 0 Å². The Morgan fingerprint density at radius 1 is 1.36 bits per heavy atom. The molecule has 0 saturated carbocycles. The number of hydrogen-bond donors (Lipinski definition) is 1. The Hall–Kier alpha value is -1.24. The highest BCUT2D eigenvalue weighted by molar-refractivity contribution is 5.68. The molecular weight excluding hydrogens is 170 g/mol. The van der Waals surface area contributed by atoms with Crippen LogP contribution in [0.2, 0.25) is 0 Å². The minimum atomic E-state index is 0.848. The zero-order valence-corrected chi connectivity index (χ0v) is 9.14. The van der Waals surface area contributed by atoms with Crippen LogP contribution < -0.4 is 5.73 Å². The van der Waals surface area contributed by atoms with Gasteiger partial charge in [0, 0.05) is 11.3 Å². The van der Waals surface area contributed by atoms with Crippen LogP contribution in [0.15, 0.2) is 18.7 Å². The van der Waals surface area contributed by atoms with Crippen molar-refractivity contribution in [3.63, 3.8) is 0 Å². The van der Waals surface area contributed by atoms with E-state index in [0.717, 1.165) is 30.5 Å². The molecule has 1 nitrogen and oxygen atoms in total. The summed E-state index contributed by atoms with van der Waals surface area (Å²) in [6, 6.07) is 4.11. The van der Waals surface area contributed by atoms with Gasteiger partial charge in [-0.3, -0.25) is 0 Å². The maximum atomic E-state index is 5.91. The predicted molar refractivity (Wildman–Crippen MR) is 64.3 cm³/mol. The summed E-state index contributed by atoms with van der Waals surface area (Å²) in [5, 5.41) is 0. The van der Waals surface area contributed by atoms with Gasteiger partial charge in [-0.05, 0) is 30.0 Å². The Kier molecular flexibility index (Phi) is 3.75. The summed E-state index contributed by atoms with van der Waals surface area (Å²) >= 11 is 0. The van der Waals surface area contributed by atoms with Gasteiger partial charge in [-0.1, -0.05) is 39.0 Å². The third-order valence-electron chi connectivity index (χ3n) is 2.57. The van der Waals surface area contributed by atoms with Gasteiger partial charge in [0.05, 0.1) is 0 Å². The summed E-state index contributed by atoms with van der Waals surface area (Å²) < 4.78 is 0. The molecule has 1 heteroatoms. The zero-order valence-electron chi connectivity index (χ0n) is 9.14. The maximum Gasteiger partial charge on any atom is 0.0390 e. The van der Waals surface area contributed by atoms with Crippen molar-refractivity contribution in [1.29, 1.82) is 0 Å². The van der Waals surface area contributed by atoms with Gasteiger partial charge in [0.15, 0.2) is 0 Å². The molecule has 0 aliphatic heterocycles. The molecule has 76 valence electrons. The van der Waals surface area contributed by atoms with Gasteiger partial charge in [0.1, 0.15) is 0 Å². The molecule has 0 heterocycles. The number of anilines is 1. The van der Waals surface area contributed by atoms with E-state index in [4.69, 9.17) is 5.73 Å². The van der Waals surface area contributed by atoms with Crippen LogP contribution in [0.25, 0.3) is 6.08 Å². The molecule has 1 aromatic carbocycles. The lowest BCUT2D eigenvalue weighted by molar-refractivity contribution is 0.897. The van der Waals surface area contributed by atoms with E-state index in [9.17, 15) is 0 Å². The lowest BCUT2D eigenvalue weighted by Crippen LogP contribution is -2.00. The second kappa shape index (κ2) is 4.85. The van der Waals surface area contributed by atoms with Crippen LogP contribution >= 0.6 is 0 Å². The molecule has 0 saturated heterocycles. The Labute approximate surface area is 86.6 Å². The molecule has 0 fully saturated rings. The van der Waals surface area contributed by atoms with E-state index in [1.165, 1.54) is 11.1 Å². The van der Waals surface area contributed by atoms with Gasteiger partial charge < -0.3 is 5.73 Å². The van der Waals surface area contributed by atoms with E-state index >= 15 is 0 Å². The molecule has 0 aliphatic rings. The highest BCUT2D eigenvalue weighted by Crippen LogP contribution is 2.24. The molecule has 1 aromatic rings. The first-order valence-corrected chi connectivity index (χ1v) is 5.27. The zero-order chi connectivity index (χ0) is 10.6. The quantitative estimate of drug-likeness (QED) is 0.721. The first-order chi connectivity index (χ1) is 6.74. The Morgan fingerprint density at radius 2 is 2.07 bits per heavy atom. The fraction of sp³-hybridized carbons (Fsp3) is 0.385. The van der Waals surface area contributed by atoms with E-state index in [-0.39, 0.29) is 0 Å². The summed E-state index contributed by atoms with van der Waals surface area (Å²) in [4.78, 5) is 0. The number of rotatable bonds is 4. The van der Waals surface area contributed by atoms with Gasteiger partial charge >= 0.3 is 0 Å². The molecule has 0 amide bonds. The molecule has 0 bridgehead atoms. The minimum Gasteiger partial charge on any atom is -0.398 e. The first-order valence-electron chi connectivity index (χ1n) is 5.27. The van der Waals surface area contributed by atoms with Crippen LogP contribution in [0.1, 0.15) is 37.0 Å². The van der Waals surface area contributed by atoms with Crippen molar-refractivity contribution >= 4 is 11.8 Å². The molecule has 2 N–H and O–H groups in total. The average molecular weight is 189 g/mol. The van der Waals surface area contributed by atoms with Crippen molar-refractivity contribution in [3.05, 3.63) is 35.4 Å². The van der Waals surface area contributed by atoms with Crippen molar-refractivity contribution < 1.29 is 0 Å². The molecule has 0 radical (unpaired) electrons. The minimum absolute atomic E-state index is 0.848. The fourth-order valence-electron chi connectivity index (χ4n) is 1.85. The molecule has 14 heavy (non-hydrogen) atoms. The molecular formula is C13H19N. The lowest BCUT2D eigenvalue weighted by atomic mass is 9.94. The van der Waals surface area contributed by atoms with Crippen molar-refractivity contribution in [2.75, 3.05) is 5.73 Å². The first kappa shape index (κ1) is 10.8. The number of nitrogens with two attached hydrogens (primary N) is 1. The summed E-state index contributed by atoms with van der Waals surface area (Å²) in [5.41, 5.74) is 10.7. The Balaban J connectivity index is 3.27. The molecule has 0 aliphatic carbocycles. The van der Waals surface area contributed by atoms with Crippen LogP contribution in [0.3, 0.4) is 0 Å². The third-order valence-corrected chi connectivity index (χ3v) is 2.57.